The number of aromatic nitrogens is 1. The fourth-order valence-electron chi connectivity index (χ4n) is 2.47. The third-order valence-corrected chi connectivity index (χ3v) is 4.24. The smallest absolute Gasteiger partial charge is 0.339 e. The van der Waals surface area contributed by atoms with Gasteiger partial charge in [0.15, 0.2) is 5.11 Å². The summed E-state index contributed by atoms with van der Waals surface area (Å²) in [6.07, 6.45) is 0. The van der Waals surface area contributed by atoms with Crippen molar-refractivity contribution in [1.29, 1.82) is 0 Å². The van der Waals surface area contributed by atoms with Crippen LogP contribution in [0.1, 0.15) is 28.7 Å². The Morgan fingerprint density at radius 3 is 2.48 bits per heavy atom. The second kappa shape index (κ2) is 9.38. The van der Waals surface area contributed by atoms with Gasteiger partial charge in [0.1, 0.15) is 6.54 Å². The molecule has 1 amide bonds. The monoisotopic (exact) mass is 408 g/mol. The summed E-state index contributed by atoms with van der Waals surface area (Å²) < 4.78 is 6.76. The van der Waals surface area contributed by atoms with Gasteiger partial charge in [-0.1, -0.05) is 11.6 Å². The van der Waals surface area contributed by atoms with Crippen LogP contribution in [0.15, 0.2) is 30.3 Å². The summed E-state index contributed by atoms with van der Waals surface area (Å²) in [5.74, 6) is -0.712. The second-order valence-electron chi connectivity index (χ2n) is 5.73. The molecule has 2 rings (SSSR count). The van der Waals surface area contributed by atoms with E-state index in [9.17, 15) is 9.59 Å². The normalized spacial score (nSPS) is 10.2. The molecule has 0 atom stereocenters. The maximum absolute atomic E-state index is 12.2. The predicted molar refractivity (Wildman–Crippen MR) is 109 cm³/mol. The lowest BCUT2D eigenvalue weighted by Crippen LogP contribution is -2.45. The highest BCUT2D eigenvalue weighted by Gasteiger charge is 2.18. The number of aryl methyl sites for hydroxylation is 1. The molecule has 2 aromatic rings. The molecule has 0 unspecified atom stereocenters. The van der Waals surface area contributed by atoms with Gasteiger partial charge in [-0.15, -0.1) is 0 Å². The van der Waals surface area contributed by atoms with Crippen molar-refractivity contribution in [3.8, 4) is 0 Å². The van der Waals surface area contributed by atoms with E-state index in [4.69, 9.17) is 28.6 Å². The molecule has 0 saturated heterocycles. The van der Waals surface area contributed by atoms with Gasteiger partial charge in [0.2, 0.25) is 0 Å². The molecule has 0 aliphatic heterocycles. The molecule has 0 bridgehead atoms. The van der Waals surface area contributed by atoms with Crippen LogP contribution in [0.5, 0.6) is 0 Å². The quantitative estimate of drug-likeness (QED) is 0.400. The number of esters is 1. The fourth-order valence-corrected chi connectivity index (χ4v) is 2.76. The van der Waals surface area contributed by atoms with Crippen LogP contribution in [-0.4, -0.2) is 28.2 Å². The number of carbonyl (C=O) groups excluding carboxylic acids is 2. The molecule has 0 spiro atoms. The summed E-state index contributed by atoms with van der Waals surface area (Å²) in [5, 5.41) is 3.78. The van der Waals surface area contributed by atoms with Gasteiger partial charge in [-0.25, -0.2) is 4.79 Å². The van der Waals surface area contributed by atoms with E-state index in [0.717, 1.165) is 11.4 Å². The van der Waals surface area contributed by atoms with Crippen molar-refractivity contribution in [2.75, 3.05) is 11.9 Å². The number of rotatable bonds is 5. The highest BCUT2D eigenvalue weighted by molar-refractivity contribution is 7.80. The second-order valence-corrected chi connectivity index (χ2v) is 6.57. The first kappa shape index (κ1) is 20.7. The Morgan fingerprint density at radius 1 is 1.19 bits per heavy atom. The molecule has 1 aromatic heterocycles. The maximum atomic E-state index is 12.2. The van der Waals surface area contributed by atoms with Gasteiger partial charge in [0.05, 0.1) is 12.2 Å². The molecular weight excluding hydrogens is 388 g/mol. The lowest BCUT2D eigenvalue weighted by atomic mass is 10.2. The minimum absolute atomic E-state index is 0.0353. The van der Waals surface area contributed by atoms with Crippen LogP contribution in [0.3, 0.4) is 0 Å². The van der Waals surface area contributed by atoms with Crippen molar-refractivity contribution >= 4 is 46.5 Å². The average molecular weight is 409 g/mol. The van der Waals surface area contributed by atoms with Crippen LogP contribution in [0.2, 0.25) is 5.02 Å². The number of hydrogen-bond acceptors (Lipinski definition) is 4. The molecule has 144 valence electrons. The molecule has 1 heterocycles. The number of anilines is 1. The van der Waals surface area contributed by atoms with E-state index in [0.29, 0.717) is 22.9 Å². The lowest BCUT2D eigenvalue weighted by Gasteiger charge is -2.13. The number of nitrogens with one attached hydrogen (secondary N) is 3. The molecule has 9 heteroatoms. The van der Waals surface area contributed by atoms with Crippen molar-refractivity contribution in [2.45, 2.75) is 27.3 Å². The number of carbonyl (C=O) groups is 2. The zero-order valence-electron chi connectivity index (χ0n) is 15.3. The Bertz CT molecular complexity index is 849. The zero-order valence-corrected chi connectivity index (χ0v) is 16.8. The van der Waals surface area contributed by atoms with Gasteiger partial charge in [0, 0.05) is 22.1 Å². The molecule has 27 heavy (non-hydrogen) atoms. The van der Waals surface area contributed by atoms with Gasteiger partial charge in [-0.3, -0.25) is 15.6 Å². The van der Waals surface area contributed by atoms with Crippen molar-refractivity contribution in [3.63, 3.8) is 0 Å². The molecule has 1 aromatic carbocycles. The first-order valence-corrected chi connectivity index (χ1v) is 9.05. The third-order valence-electron chi connectivity index (χ3n) is 3.79. The minimum Gasteiger partial charge on any atom is -0.462 e. The predicted octanol–water partition coefficient (Wildman–Crippen LogP) is 2.95. The Labute approximate surface area is 168 Å². The summed E-state index contributed by atoms with van der Waals surface area (Å²) in [6, 6.07) is 8.69. The van der Waals surface area contributed by atoms with Gasteiger partial charge in [-0.05, 0) is 63.3 Å². The first-order chi connectivity index (χ1) is 12.8. The van der Waals surface area contributed by atoms with Gasteiger partial charge >= 0.3 is 5.97 Å². The number of benzene rings is 1. The molecule has 0 aliphatic rings. The summed E-state index contributed by atoms with van der Waals surface area (Å²) in [5.41, 5.74) is 7.81. The van der Waals surface area contributed by atoms with Gasteiger partial charge in [-0.2, -0.15) is 0 Å². The Morgan fingerprint density at radius 2 is 1.85 bits per heavy atom. The molecule has 0 saturated carbocycles. The first-order valence-electron chi connectivity index (χ1n) is 8.27. The van der Waals surface area contributed by atoms with E-state index >= 15 is 0 Å². The van der Waals surface area contributed by atoms with Crippen LogP contribution in [0.4, 0.5) is 5.69 Å². The van der Waals surface area contributed by atoms with Crippen LogP contribution < -0.4 is 16.2 Å². The summed E-state index contributed by atoms with van der Waals surface area (Å²) in [7, 11) is 0. The number of hydrazine groups is 1. The van der Waals surface area contributed by atoms with E-state index < -0.39 is 5.97 Å². The van der Waals surface area contributed by atoms with Crippen molar-refractivity contribution in [3.05, 3.63) is 52.3 Å². The number of ether oxygens (including phenoxy) is 1. The molecular formula is C18H21ClN4O3S. The third kappa shape index (κ3) is 5.70. The highest BCUT2D eigenvalue weighted by Crippen LogP contribution is 2.16. The fraction of sp³-hybridized carbons (Fsp3) is 0.278. The Hall–Kier alpha value is -2.58. The molecule has 3 N–H and O–H groups in total. The van der Waals surface area contributed by atoms with E-state index in [-0.39, 0.29) is 17.6 Å². The number of halogens is 1. The van der Waals surface area contributed by atoms with Crippen LogP contribution in [0, 0.1) is 13.8 Å². The number of amides is 1. The number of hydrogen-bond donors (Lipinski definition) is 3. The van der Waals surface area contributed by atoms with E-state index in [1.165, 1.54) is 0 Å². The largest absolute Gasteiger partial charge is 0.462 e. The highest BCUT2D eigenvalue weighted by atomic mass is 35.5. The average Bonchev–Trinajstić information content (AvgIpc) is 2.90. The summed E-state index contributed by atoms with van der Waals surface area (Å²) in [6.45, 7) is 5.67. The Kier molecular flexibility index (Phi) is 7.20. The molecule has 7 nitrogen and oxygen atoms in total. The maximum Gasteiger partial charge on any atom is 0.339 e. The summed E-state index contributed by atoms with van der Waals surface area (Å²) >= 11 is 11.0. The zero-order chi connectivity index (χ0) is 20.0. The molecule has 0 aliphatic carbocycles. The van der Waals surface area contributed by atoms with Crippen molar-refractivity contribution in [1.82, 2.24) is 15.4 Å². The van der Waals surface area contributed by atoms with Gasteiger partial charge in [0.25, 0.3) is 5.91 Å². The van der Waals surface area contributed by atoms with Crippen molar-refractivity contribution in [2.24, 2.45) is 0 Å². The van der Waals surface area contributed by atoms with Crippen LogP contribution in [-0.2, 0) is 16.1 Å². The SMILES string of the molecule is CCOC(=O)c1cc(C)n(CC(=O)NNC(=S)Nc2ccc(Cl)cc2)c1C. The lowest BCUT2D eigenvalue weighted by molar-refractivity contribution is -0.122. The van der Waals surface area contributed by atoms with E-state index in [2.05, 4.69) is 16.2 Å². The van der Waals surface area contributed by atoms with Crippen molar-refractivity contribution < 1.29 is 14.3 Å². The van der Waals surface area contributed by atoms with Crippen LogP contribution in [0.25, 0.3) is 0 Å². The van der Waals surface area contributed by atoms with Gasteiger partial charge < -0.3 is 14.6 Å². The number of nitrogens with zero attached hydrogens (tertiary/aromatic N) is 1. The Balaban J connectivity index is 1.91. The minimum atomic E-state index is -0.399. The summed E-state index contributed by atoms with van der Waals surface area (Å²) in [4.78, 5) is 24.2. The standard InChI is InChI=1S/C18H21ClN4O3S/c1-4-26-17(25)15-9-11(2)23(12(15)3)10-16(24)21-22-18(27)20-14-7-5-13(19)6-8-14/h5-9H,4,10H2,1-3H3,(H,21,24)(H2,20,22,27). The molecule has 0 fully saturated rings. The number of thiocarbonyl (C=S) groups is 1. The van der Waals surface area contributed by atoms with E-state index in [1.807, 2.05) is 6.92 Å². The molecule has 0 radical (unpaired) electrons. The topological polar surface area (TPSA) is 84.4 Å². The van der Waals surface area contributed by atoms with E-state index in [1.54, 1.807) is 48.7 Å². The van der Waals surface area contributed by atoms with Crippen LogP contribution >= 0.6 is 23.8 Å².